The summed E-state index contributed by atoms with van der Waals surface area (Å²) in [4.78, 5) is 0. The van der Waals surface area contributed by atoms with Crippen molar-refractivity contribution in [2.45, 2.75) is 57.2 Å². The van der Waals surface area contributed by atoms with Crippen molar-refractivity contribution < 1.29 is 17.9 Å². The lowest BCUT2D eigenvalue weighted by atomic mass is 9.76. The summed E-state index contributed by atoms with van der Waals surface area (Å²) in [5, 5.41) is 3.42. The maximum atomic E-state index is 12.4. The third-order valence-corrected chi connectivity index (χ3v) is 5.01. The summed E-state index contributed by atoms with van der Waals surface area (Å²) in [5.41, 5.74) is -4.23. The van der Waals surface area contributed by atoms with Gasteiger partial charge in [-0.1, -0.05) is 25.6 Å². The summed E-state index contributed by atoms with van der Waals surface area (Å²) in [5.74, 6) is 0.706. The van der Waals surface area contributed by atoms with Crippen LogP contribution < -0.4 is 5.32 Å². The molecule has 1 heterocycles. The molecule has 20 heavy (non-hydrogen) atoms. The van der Waals surface area contributed by atoms with Gasteiger partial charge in [0.05, 0.1) is 6.10 Å². The quantitative estimate of drug-likeness (QED) is 0.772. The molecular weight excluding hydrogens is 287 g/mol. The highest BCUT2D eigenvalue weighted by atomic mass is 32.2. The number of alkyl halides is 3. The van der Waals surface area contributed by atoms with E-state index in [1.54, 1.807) is 0 Å². The van der Waals surface area contributed by atoms with E-state index in [1.807, 2.05) is 0 Å². The molecule has 118 valence electrons. The minimum Gasteiger partial charge on any atom is -0.377 e. The zero-order valence-corrected chi connectivity index (χ0v) is 12.9. The fourth-order valence-electron chi connectivity index (χ4n) is 3.07. The van der Waals surface area contributed by atoms with Crippen LogP contribution in [0.4, 0.5) is 13.2 Å². The standard InChI is InChI=1S/C14H24F3NOS/c1-10(2)18-9-13(6-8-20-14(15,16)17)5-7-19-12(13)11-3-4-11/h10-12,18H,3-9H2,1-2H3. The van der Waals surface area contributed by atoms with Crippen molar-refractivity contribution in [1.82, 2.24) is 5.32 Å². The normalized spacial score (nSPS) is 31.2. The first-order chi connectivity index (χ1) is 9.32. The van der Waals surface area contributed by atoms with Gasteiger partial charge in [0.1, 0.15) is 0 Å². The Morgan fingerprint density at radius 1 is 1.35 bits per heavy atom. The van der Waals surface area contributed by atoms with Gasteiger partial charge in [-0.2, -0.15) is 13.2 Å². The van der Waals surface area contributed by atoms with Gasteiger partial charge in [0, 0.05) is 30.4 Å². The summed E-state index contributed by atoms with van der Waals surface area (Å²) in [6, 6.07) is 0.350. The average molecular weight is 311 g/mol. The molecule has 0 radical (unpaired) electrons. The van der Waals surface area contributed by atoms with Crippen molar-refractivity contribution in [2.75, 3.05) is 18.9 Å². The van der Waals surface area contributed by atoms with E-state index < -0.39 is 5.51 Å². The van der Waals surface area contributed by atoms with Gasteiger partial charge < -0.3 is 10.1 Å². The third kappa shape index (κ3) is 4.53. The summed E-state index contributed by atoms with van der Waals surface area (Å²) in [6.07, 6.45) is 3.95. The lowest BCUT2D eigenvalue weighted by Gasteiger charge is -2.35. The fraction of sp³-hybridized carbons (Fsp3) is 1.00. The number of thioether (sulfide) groups is 1. The van der Waals surface area contributed by atoms with Crippen LogP contribution >= 0.6 is 11.8 Å². The largest absolute Gasteiger partial charge is 0.441 e. The molecule has 0 amide bonds. The van der Waals surface area contributed by atoms with E-state index in [0.717, 1.165) is 13.0 Å². The Kier molecular flexibility index (Phi) is 5.29. The monoisotopic (exact) mass is 311 g/mol. The van der Waals surface area contributed by atoms with Crippen LogP contribution in [0, 0.1) is 11.3 Å². The van der Waals surface area contributed by atoms with E-state index in [4.69, 9.17) is 4.74 Å². The molecule has 1 saturated carbocycles. The van der Waals surface area contributed by atoms with E-state index in [2.05, 4.69) is 19.2 Å². The van der Waals surface area contributed by atoms with E-state index >= 15 is 0 Å². The molecule has 1 aliphatic heterocycles. The van der Waals surface area contributed by atoms with Crippen molar-refractivity contribution >= 4 is 11.8 Å². The van der Waals surface area contributed by atoms with Crippen molar-refractivity contribution in [1.29, 1.82) is 0 Å². The minimum atomic E-state index is -4.12. The summed E-state index contributed by atoms with van der Waals surface area (Å²) < 4.78 is 42.9. The molecule has 0 aromatic carbocycles. The molecule has 1 aliphatic carbocycles. The van der Waals surface area contributed by atoms with Gasteiger partial charge in [0.2, 0.25) is 0 Å². The number of hydrogen-bond donors (Lipinski definition) is 1. The topological polar surface area (TPSA) is 21.3 Å². The third-order valence-electron chi connectivity index (χ3n) is 4.28. The van der Waals surface area contributed by atoms with Crippen molar-refractivity contribution in [3.8, 4) is 0 Å². The first-order valence-electron chi connectivity index (χ1n) is 7.38. The Morgan fingerprint density at radius 2 is 2.05 bits per heavy atom. The molecule has 2 nitrogen and oxygen atoms in total. The first-order valence-corrected chi connectivity index (χ1v) is 8.37. The predicted octanol–water partition coefficient (Wildman–Crippen LogP) is 3.81. The molecule has 2 aliphatic rings. The molecule has 1 N–H and O–H groups in total. The maximum absolute atomic E-state index is 12.4. The number of halogens is 3. The Bertz CT molecular complexity index is 320. The second-order valence-electron chi connectivity index (χ2n) is 6.32. The van der Waals surface area contributed by atoms with E-state index in [9.17, 15) is 13.2 Å². The van der Waals surface area contributed by atoms with Crippen LogP contribution in [0.3, 0.4) is 0 Å². The minimum absolute atomic E-state index is 0.104. The van der Waals surface area contributed by atoms with Gasteiger partial charge in [-0.15, -0.1) is 0 Å². The van der Waals surface area contributed by atoms with Crippen LogP contribution in [0.2, 0.25) is 0 Å². The number of nitrogens with one attached hydrogen (secondary N) is 1. The van der Waals surface area contributed by atoms with E-state index in [0.29, 0.717) is 25.0 Å². The van der Waals surface area contributed by atoms with Crippen LogP contribution in [0.25, 0.3) is 0 Å². The highest BCUT2D eigenvalue weighted by molar-refractivity contribution is 8.00. The number of ether oxygens (including phenoxy) is 1. The lowest BCUT2D eigenvalue weighted by Crippen LogP contribution is -2.44. The molecule has 0 spiro atoms. The SMILES string of the molecule is CC(C)NCC1(CCSC(F)(F)F)CCOC1C1CC1. The van der Waals surface area contributed by atoms with Gasteiger partial charge in [-0.05, 0) is 31.6 Å². The molecular formula is C14H24F3NOS. The molecule has 0 aromatic rings. The van der Waals surface area contributed by atoms with E-state index in [1.165, 1.54) is 12.8 Å². The van der Waals surface area contributed by atoms with Gasteiger partial charge in [-0.3, -0.25) is 0 Å². The Morgan fingerprint density at radius 3 is 2.60 bits per heavy atom. The second kappa shape index (κ2) is 6.44. The lowest BCUT2D eigenvalue weighted by molar-refractivity contribution is -0.0331. The van der Waals surface area contributed by atoms with Gasteiger partial charge >= 0.3 is 5.51 Å². The van der Waals surface area contributed by atoms with Crippen LogP contribution in [0.5, 0.6) is 0 Å². The molecule has 2 unspecified atom stereocenters. The highest BCUT2D eigenvalue weighted by Crippen LogP contribution is 2.50. The molecule has 2 rings (SSSR count). The van der Waals surface area contributed by atoms with Crippen molar-refractivity contribution in [2.24, 2.45) is 11.3 Å². The van der Waals surface area contributed by atoms with Crippen LogP contribution in [-0.2, 0) is 4.74 Å². The molecule has 2 fully saturated rings. The summed E-state index contributed by atoms with van der Waals surface area (Å²) in [6.45, 7) is 5.60. The van der Waals surface area contributed by atoms with E-state index in [-0.39, 0.29) is 29.0 Å². The van der Waals surface area contributed by atoms with Gasteiger partial charge in [-0.25, -0.2) is 0 Å². The molecule has 1 saturated heterocycles. The Labute approximate surface area is 123 Å². The Hall–Kier alpha value is 0.0600. The van der Waals surface area contributed by atoms with Crippen LogP contribution in [0.1, 0.15) is 39.5 Å². The summed E-state index contributed by atoms with van der Waals surface area (Å²) in [7, 11) is 0. The number of rotatable bonds is 7. The maximum Gasteiger partial charge on any atom is 0.441 e. The zero-order chi connectivity index (χ0) is 14.8. The average Bonchev–Trinajstić information content (AvgIpc) is 3.08. The molecule has 2 atom stereocenters. The van der Waals surface area contributed by atoms with Crippen LogP contribution in [0.15, 0.2) is 0 Å². The Balaban J connectivity index is 1.95. The van der Waals surface area contributed by atoms with Crippen molar-refractivity contribution in [3.05, 3.63) is 0 Å². The van der Waals surface area contributed by atoms with Crippen LogP contribution in [-0.4, -0.2) is 36.6 Å². The zero-order valence-electron chi connectivity index (χ0n) is 12.1. The highest BCUT2D eigenvalue weighted by Gasteiger charge is 2.50. The van der Waals surface area contributed by atoms with Gasteiger partial charge in [0.15, 0.2) is 0 Å². The second-order valence-corrected chi connectivity index (χ2v) is 7.48. The number of hydrogen-bond acceptors (Lipinski definition) is 3. The molecule has 0 bridgehead atoms. The molecule has 6 heteroatoms. The predicted molar refractivity (Wildman–Crippen MR) is 75.8 cm³/mol. The molecule has 0 aromatic heterocycles. The summed E-state index contributed by atoms with van der Waals surface area (Å²) >= 11 is 0.104. The van der Waals surface area contributed by atoms with Crippen molar-refractivity contribution in [3.63, 3.8) is 0 Å². The fourth-order valence-corrected chi connectivity index (χ4v) is 3.81. The smallest absolute Gasteiger partial charge is 0.377 e. The first kappa shape index (κ1) is 16.4. The van der Waals surface area contributed by atoms with Gasteiger partial charge in [0.25, 0.3) is 0 Å².